The molecule has 0 radical (unpaired) electrons. The van der Waals surface area contributed by atoms with Crippen molar-refractivity contribution in [2.75, 3.05) is 20.1 Å². The van der Waals surface area contributed by atoms with Crippen molar-refractivity contribution in [2.45, 2.75) is 63.2 Å². The number of nitrogens with zero attached hydrogens (tertiary/aromatic N) is 1. The highest BCUT2D eigenvalue weighted by Crippen LogP contribution is 2.32. The van der Waals surface area contributed by atoms with Crippen LogP contribution in [0.1, 0.15) is 44.9 Å². The number of amides is 3. The van der Waals surface area contributed by atoms with E-state index in [1.165, 1.54) is 25.7 Å². The summed E-state index contributed by atoms with van der Waals surface area (Å²) in [7, 11) is 1.65. The number of nitrogens with one attached hydrogen (secondary N) is 2. The molecule has 6 heteroatoms. The summed E-state index contributed by atoms with van der Waals surface area (Å²) >= 11 is 0. The Hall–Kier alpha value is -1.30. The number of carbonyl (C=O) groups excluding carboxylic acids is 2. The van der Waals surface area contributed by atoms with Crippen molar-refractivity contribution in [3.63, 3.8) is 0 Å². The van der Waals surface area contributed by atoms with Gasteiger partial charge < -0.3 is 20.3 Å². The van der Waals surface area contributed by atoms with Crippen LogP contribution in [-0.4, -0.2) is 55.2 Å². The molecule has 0 aromatic carbocycles. The first-order chi connectivity index (χ1) is 10.7. The third-order valence-corrected chi connectivity index (χ3v) is 5.21. The summed E-state index contributed by atoms with van der Waals surface area (Å²) in [6.07, 6.45) is 7.71. The van der Waals surface area contributed by atoms with Gasteiger partial charge in [-0.1, -0.05) is 25.7 Å². The molecule has 2 saturated heterocycles. The molecule has 6 nitrogen and oxygen atoms in total. The maximum absolute atomic E-state index is 12.5. The van der Waals surface area contributed by atoms with Crippen LogP contribution in [0.15, 0.2) is 0 Å². The molecule has 0 unspecified atom stereocenters. The van der Waals surface area contributed by atoms with Gasteiger partial charge in [-0.2, -0.15) is 0 Å². The van der Waals surface area contributed by atoms with Crippen molar-refractivity contribution in [2.24, 2.45) is 5.92 Å². The van der Waals surface area contributed by atoms with Crippen molar-refractivity contribution in [1.29, 1.82) is 0 Å². The molecule has 124 valence electrons. The molecule has 0 aromatic heterocycles. The summed E-state index contributed by atoms with van der Waals surface area (Å²) in [5.41, 5.74) is 0. The van der Waals surface area contributed by atoms with Crippen LogP contribution in [0.4, 0.5) is 4.79 Å². The first-order valence-corrected chi connectivity index (χ1v) is 8.60. The van der Waals surface area contributed by atoms with Crippen LogP contribution in [0.3, 0.4) is 0 Å². The fraction of sp³-hybridized carbons (Fsp3) is 0.875. The minimum atomic E-state index is -0.154. The van der Waals surface area contributed by atoms with Crippen LogP contribution in [-0.2, 0) is 9.53 Å². The Morgan fingerprint density at radius 2 is 1.82 bits per heavy atom. The van der Waals surface area contributed by atoms with Crippen LogP contribution in [0.2, 0.25) is 0 Å². The Labute approximate surface area is 131 Å². The number of likely N-dealkylation sites (tertiary alicyclic amines) is 1. The second-order valence-corrected chi connectivity index (χ2v) is 6.80. The second-order valence-electron chi connectivity index (χ2n) is 6.80. The van der Waals surface area contributed by atoms with Gasteiger partial charge in [-0.15, -0.1) is 0 Å². The quantitative estimate of drug-likeness (QED) is 0.754. The summed E-state index contributed by atoms with van der Waals surface area (Å²) < 4.78 is 5.84. The van der Waals surface area contributed by atoms with E-state index in [0.717, 1.165) is 19.3 Å². The summed E-state index contributed by atoms with van der Waals surface area (Å²) in [5, 5.41) is 5.88. The lowest BCUT2D eigenvalue weighted by Crippen LogP contribution is -2.52. The van der Waals surface area contributed by atoms with Crippen LogP contribution < -0.4 is 10.6 Å². The lowest BCUT2D eigenvalue weighted by atomic mass is 10.00. The number of urea groups is 1. The molecular formula is C16H27N3O3. The van der Waals surface area contributed by atoms with Crippen molar-refractivity contribution in [3.8, 4) is 0 Å². The molecule has 1 saturated carbocycles. The number of hydrogen-bond acceptors (Lipinski definition) is 3. The topological polar surface area (TPSA) is 70.7 Å². The number of fused-ring (bicyclic) bond motifs is 2. The molecule has 0 aromatic rings. The first-order valence-electron chi connectivity index (χ1n) is 8.60. The Morgan fingerprint density at radius 3 is 2.50 bits per heavy atom. The van der Waals surface area contributed by atoms with E-state index in [9.17, 15) is 9.59 Å². The molecule has 22 heavy (non-hydrogen) atoms. The van der Waals surface area contributed by atoms with Gasteiger partial charge in [0.25, 0.3) is 0 Å². The summed E-state index contributed by atoms with van der Waals surface area (Å²) in [5.74, 6) is -0.0933. The number of rotatable bonds is 2. The van der Waals surface area contributed by atoms with E-state index in [1.807, 2.05) is 4.90 Å². The Balaban J connectivity index is 1.55. The van der Waals surface area contributed by atoms with E-state index in [-0.39, 0.29) is 30.1 Å². The van der Waals surface area contributed by atoms with E-state index < -0.39 is 0 Å². The zero-order valence-corrected chi connectivity index (χ0v) is 13.3. The highest BCUT2D eigenvalue weighted by molar-refractivity contribution is 5.80. The predicted octanol–water partition coefficient (Wildman–Crippen LogP) is 1.25. The van der Waals surface area contributed by atoms with Gasteiger partial charge in [0.15, 0.2) is 0 Å². The predicted molar refractivity (Wildman–Crippen MR) is 82.4 cm³/mol. The number of hydrogen-bond donors (Lipinski definition) is 2. The molecule has 0 spiro atoms. The van der Waals surface area contributed by atoms with Gasteiger partial charge in [-0.05, 0) is 19.3 Å². The number of morpholine rings is 1. The fourth-order valence-corrected chi connectivity index (χ4v) is 3.97. The molecule has 3 aliphatic rings. The smallest absolute Gasteiger partial charge is 0.317 e. The van der Waals surface area contributed by atoms with Gasteiger partial charge in [-0.25, -0.2) is 4.79 Å². The van der Waals surface area contributed by atoms with Crippen LogP contribution >= 0.6 is 0 Å². The van der Waals surface area contributed by atoms with E-state index in [0.29, 0.717) is 19.1 Å². The molecule has 2 bridgehead atoms. The van der Waals surface area contributed by atoms with Gasteiger partial charge >= 0.3 is 6.03 Å². The normalized spacial score (nSPS) is 32.4. The Morgan fingerprint density at radius 1 is 1.09 bits per heavy atom. The highest BCUT2D eigenvalue weighted by Gasteiger charge is 2.45. The highest BCUT2D eigenvalue weighted by atomic mass is 16.5. The van der Waals surface area contributed by atoms with Gasteiger partial charge in [0, 0.05) is 26.2 Å². The minimum Gasteiger partial charge on any atom is -0.370 e. The van der Waals surface area contributed by atoms with Gasteiger partial charge in [0.1, 0.15) is 0 Å². The molecule has 2 aliphatic heterocycles. The zero-order valence-electron chi connectivity index (χ0n) is 13.3. The van der Waals surface area contributed by atoms with E-state index >= 15 is 0 Å². The lowest BCUT2D eigenvalue weighted by Gasteiger charge is -2.33. The maximum Gasteiger partial charge on any atom is 0.317 e. The van der Waals surface area contributed by atoms with E-state index in [2.05, 4.69) is 10.6 Å². The monoisotopic (exact) mass is 309 g/mol. The molecule has 3 rings (SSSR count). The minimum absolute atomic E-state index is 0.000864. The standard InChI is InChI=1S/C16H27N3O3/c1-17-15(20)13-8-12-9-19(10-14(13)22-12)16(21)18-11-6-4-2-3-5-7-11/h11-14H,2-10H2,1H3,(H,17,20)(H,18,21)/t12-,13+,14-/m0/s1. The van der Waals surface area contributed by atoms with E-state index in [1.54, 1.807) is 7.05 Å². The summed E-state index contributed by atoms with van der Waals surface area (Å²) in [4.78, 5) is 26.2. The SMILES string of the molecule is CNC(=O)[C@@H]1C[C@H]2CN(C(=O)NC3CCCCCC3)C[C@@H]1O2. The first kappa shape index (κ1) is 15.6. The van der Waals surface area contributed by atoms with Crippen molar-refractivity contribution in [3.05, 3.63) is 0 Å². The maximum atomic E-state index is 12.5. The summed E-state index contributed by atoms with van der Waals surface area (Å²) in [6, 6.07) is 0.327. The number of ether oxygens (including phenoxy) is 1. The molecule has 3 amide bonds. The molecule has 2 N–H and O–H groups in total. The van der Waals surface area contributed by atoms with Crippen LogP contribution in [0.25, 0.3) is 0 Å². The average Bonchev–Trinajstić information content (AvgIpc) is 2.71. The Kier molecular flexibility index (Phi) is 4.86. The third-order valence-electron chi connectivity index (χ3n) is 5.21. The third kappa shape index (κ3) is 3.37. The molecule has 3 atom stereocenters. The average molecular weight is 309 g/mol. The largest absolute Gasteiger partial charge is 0.370 e. The van der Waals surface area contributed by atoms with Crippen molar-refractivity contribution in [1.82, 2.24) is 15.5 Å². The fourth-order valence-electron chi connectivity index (χ4n) is 3.97. The summed E-state index contributed by atoms with van der Waals surface area (Å²) in [6.45, 7) is 1.12. The Bertz CT molecular complexity index is 421. The zero-order chi connectivity index (χ0) is 15.5. The van der Waals surface area contributed by atoms with Gasteiger partial charge in [0.05, 0.1) is 18.1 Å². The van der Waals surface area contributed by atoms with Crippen molar-refractivity contribution < 1.29 is 14.3 Å². The number of carbonyl (C=O) groups is 2. The second kappa shape index (κ2) is 6.86. The van der Waals surface area contributed by atoms with Crippen LogP contribution in [0.5, 0.6) is 0 Å². The van der Waals surface area contributed by atoms with Crippen molar-refractivity contribution >= 4 is 11.9 Å². The molecular weight excluding hydrogens is 282 g/mol. The van der Waals surface area contributed by atoms with Crippen LogP contribution in [0, 0.1) is 5.92 Å². The molecule has 1 aliphatic carbocycles. The van der Waals surface area contributed by atoms with Gasteiger partial charge in [0.2, 0.25) is 5.91 Å². The molecule has 3 fully saturated rings. The lowest BCUT2D eigenvalue weighted by molar-refractivity contribution is -0.127. The molecule has 2 heterocycles. The van der Waals surface area contributed by atoms with Gasteiger partial charge in [-0.3, -0.25) is 4.79 Å². The van der Waals surface area contributed by atoms with E-state index in [4.69, 9.17) is 4.74 Å².